The summed E-state index contributed by atoms with van der Waals surface area (Å²) in [7, 11) is 0. The van der Waals surface area contributed by atoms with Gasteiger partial charge in [0.1, 0.15) is 0 Å². The Morgan fingerprint density at radius 3 is 2.07 bits per heavy atom. The summed E-state index contributed by atoms with van der Waals surface area (Å²) in [6.45, 7) is 4.13. The Morgan fingerprint density at radius 1 is 1.00 bits per heavy atom. The van der Waals surface area contributed by atoms with Crippen LogP contribution < -0.4 is 0 Å². The molecule has 0 aromatic heterocycles. The van der Waals surface area contributed by atoms with Crippen molar-refractivity contribution < 1.29 is 19.4 Å². The minimum absolute atomic E-state index is 0.0536. The zero-order valence-electron chi connectivity index (χ0n) is 15.0. The average molecular weight is 372 g/mol. The van der Waals surface area contributed by atoms with E-state index >= 15 is 0 Å². The maximum atomic E-state index is 12.2. The van der Waals surface area contributed by atoms with E-state index in [2.05, 4.69) is 6.92 Å². The van der Waals surface area contributed by atoms with Gasteiger partial charge in [0, 0.05) is 12.1 Å². The summed E-state index contributed by atoms with van der Waals surface area (Å²) in [5, 5.41) is 21.8. The molecule has 8 heteroatoms. The van der Waals surface area contributed by atoms with Crippen molar-refractivity contribution in [1.29, 1.82) is 0 Å². The molecule has 0 heterocycles. The quantitative estimate of drug-likeness (QED) is 0.383. The Bertz CT molecular complexity index is 805. The molecular formula is C19H20N2O6. The minimum atomic E-state index is -0.819. The smallest absolute Gasteiger partial charge is 0.338 e. The second-order valence-electron chi connectivity index (χ2n) is 6.50. The third-order valence-corrected chi connectivity index (χ3v) is 4.18. The standard InChI is InChI=1S/C19H20N2O6/c1-13(8-14(2)15-6-4-3-5-7-15)12-27-19(22)16-9-17(20(23)24)11-18(10-16)21(25)26/h3-7,9-11,13-14H,8,12H2,1-2H3/t13-,14-/m1/s1. The van der Waals surface area contributed by atoms with Gasteiger partial charge in [0.2, 0.25) is 0 Å². The number of non-ortho nitro benzene ring substituents is 2. The predicted octanol–water partition coefficient (Wildman–Crippen LogP) is 4.49. The summed E-state index contributed by atoms with van der Waals surface area (Å²) >= 11 is 0. The summed E-state index contributed by atoms with van der Waals surface area (Å²) < 4.78 is 5.21. The molecule has 0 saturated heterocycles. The number of ether oxygens (including phenoxy) is 1. The summed E-state index contributed by atoms with van der Waals surface area (Å²) in [6.07, 6.45) is 0.784. The van der Waals surface area contributed by atoms with Crippen LogP contribution in [0.4, 0.5) is 11.4 Å². The molecule has 0 aliphatic carbocycles. The maximum absolute atomic E-state index is 12.2. The number of carbonyl (C=O) groups is 1. The highest BCUT2D eigenvalue weighted by Gasteiger charge is 2.21. The molecular weight excluding hydrogens is 352 g/mol. The molecule has 0 spiro atoms. The number of nitrogens with zero attached hydrogens (tertiary/aromatic N) is 2. The van der Waals surface area contributed by atoms with E-state index in [-0.39, 0.29) is 24.0 Å². The monoisotopic (exact) mass is 372 g/mol. The van der Waals surface area contributed by atoms with Gasteiger partial charge in [0.15, 0.2) is 0 Å². The van der Waals surface area contributed by atoms with Crippen molar-refractivity contribution in [3.8, 4) is 0 Å². The summed E-state index contributed by atoms with van der Waals surface area (Å²) in [6, 6.07) is 12.7. The van der Waals surface area contributed by atoms with E-state index in [0.29, 0.717) is 0 Å². The Hall–Kier alpha value is -3.29. The van der Waals surface area contributed by atoms with Crippen molar-refractivity contribution >= 4 is 17.3 Å². The van der Waals surface area contributed by atoms with Gasteiger partial charge in [-0.15, -0.1) is 0 Å². The Morgan fingerprint density at radius 2 is 1.56 bits per heavy atom. The SMILES string of the molecule is C[C@@H](COC(=O)c1cc([N+](=O)[O-])cc([N+](=O)[O-])c1)C[C@@H](C)c1ccccc1. The topological polar surface area (TPSA) is 113 Å². The van der Waals surface area contributed by atoms with Crippen molar-refractivity contribution in [1.82, 2.24) is 0 Å². The molecule has 8 nitrogen and oxygen atoms in total. The fourth-order valence-electron chi connectivity index (χ4n) is 2.81. The first kappa shape index (κ1) is 20.0. The van der Waals surface area contributed by atoms with Crippen molar-refractivity contribution in [3.63, 3.8) is 0 Å². The molecule has 0 bridgehead atoms. The van der Waals surface area contributed by atoms with Gasteiger partial charge >= 0.3 is 5.97 Å². The lowest BCUT2D eigenvalue weighted by Gasteiger charge is -2.17. The van der Waals surface area contributed by atoms with Crippen LogP contribution in [0.1, 0.15) is 42.1 Å². The van der Waals surface area contributed by atoms with Crippen molar-refractivity contribution in [2.45, 2.75) is 26.2 Å². The molecule has 0 unspecified atom stereocenters. The fraction of sp³-hybridized carbons (Fsp3) is 0.316. The highest BCUT2D eigenvalue weighted by Crippen LogP contribution is 2.25. The van der Waals surface area contributed by atoms with Crippen molar-refractivity contribution in [2.75, 3.05) is 6.61 Å². The van der Waals surface area contributed by atoms with Crippen molar-refractivity contribution in [3.05, 3.63) is 79.9 Å². The van der Waals surface area contributed by atoms with E-state index in [1.807, 2.05) is 37.3 Å². The Balaban J connectivity index is 2.00. The molecule has 0 aliphatic heterocycles. The van der Waals surface area contributed by atoms with Crippen LogP contribution in [0.2, 0.25) is 0 Å². The summed E-state index contributed by atoms with van der Waals surface area (Å²) in [5.41, 5.74) is -0.0759. The highest BCUT2D eigenvalue weighted by molar-refractivity contribution is 5.91. The minimum Gasteiger partial charge on any atom is -0.462 e. The van der Waals surface area contributed by atoms with Crippen LogP contribution >= 0.6 is 0 Å². The molecule has 2 atom stereocenters. The zero-order valence-corrected chi connectivity index (χ0v) is 15.0. The zero-order chi connectivity index (χ0) is 20.0. The first-order valence-electron chi connectivity index (χ1n) is 8.44. The summed E-state index contributed by atoms with van der Waals surface area (Å²) in [5.74, 6) is -0.488. The first-order chi connectivity index (χ1) is 12.8. The van der Waals surface area contributed by atoms with Gasteiger partial charge in [-0.2, -0.15) is 0 Å². The number of hydrogen-bond donors (Lipinski definition) is 0. The van der Waals surface area contributed by atoms with Gasteiger partial charge in [-0.3, -0.25) is 20.2 Å². The number of carbonyl (C=O) groups excluding carboxylic acids is 1. The summed E-state index contributed by atoms with van der Waals surface area (Å²) in [4.78, 5) is 32.4. The lowest BCUT2D eigenvalue weighted by Crippen LogP contribution is -2.14. The number of nitro groups is 2. The third-order valence-electron chi connectivity index (χ3n) is 4.18. The largest absolute Gasteiger partial charge is 0.462 e. The molecule has 0 amide bonds. The maximum Gasteiger partial charge on any atom is 0.338 e. The highest BCUT2D eigenvalue weighted by atomic mass is 16.6. The van der Waals surface area contributed by atoms with Crippen LogP contribution in [0.25, 0.3) is 0 Å². The molecule has 142 valence electrons. The van der Waals surface area contributed by atoms with E-state index in [9.17, 15) is 25.0 Å². The molecule has 0 aliphatic rings. The molecule has 2 rings (SSSR count). The Labute approximate surface area is 156 Å². The van der Waals surface area contributed by atoms with E-state index in [1.165, 1.54) is 5.56 Å². The van der Waals surface area contributed by atoms with Gasteiger partial charge in [-0.25, -0.2) is 4.79 Å². The fourth-order valence-corrected chi connectivity index (χ4v) is 2.81. The van der Waals surface area contributed by atoms with Gasteiger partial charge in [-0.05, 0) is 23.8 Å². The molecule has 0 N–H and O–H groups in total. The van der Waals surface area contributed by atoms with Crippen LogP contribution in [-0.4, -0.2) is 22.4 Å². The lowest BCUT2D eigenvalue weighted by atomic mass is 9.91. The van der Waals surface area contributed by atoms with Crippen LogP contribution in [0, 0.1) is 26.1 Å². The molecule has 0 radical (unpaired) electrons. The van der Waals surface area contributed by atoms with Gasteiger partial charge in [0.25, 0.3) is 11.4 Å². The second kappa shape index (κ2) is 8.88. The molecule has 27 heavy (non-hydrogen) atoms. The lowest BCUT2D eigenvalue weighted by molar-refractivity contribution is -0.394. The second-order valence-corrected chi connectivity index (χ2v) is 6.50. The van der Waals surface area contributed by atoms with Crippen LogP contribution in [0.5, 0.6) is 0 Å². The number of hydrogen-bond acceptors (Lipinski definition) is 6. The number of esters is 1. The van der Waals surface area contributed by atoms with E-state index in [1.54, 1.807) is 0 Å². The average Bonchev–Trinajstić information content (AvgIpc) is 2.66. The Kier molecular flexibility index (Phi) is 6.59. The van der Waals surface area contributed by atoms with Crippen molar-refractivity contribution in [2.24, 2.45) is 5.92 Å². The van der Waals surface area contributed by atoms with Gasteiger partial charge in [-0.1, -0.05) is 44.2 Å². The molecule has 0 saturated carbocycles. The van der Waals surface area contributed by atoms with E-state index in [4.69, 9.17) is 4.74 Å². The van der Waals surface area contributed by atoms with Crippen LogP contribution in [-0.2, 0) is 4.74 Å². The normalized spacial score (nSPS) is 12.8. The van der Waals surface area contributed by atoms with Crippen LogP contribution in [0.3, 0.4) is 0 Å². The predicted molar refractivity (Wildman–Crippen MR) is 98.7 cm³/mol. The van der Waals surface area contributed by atoms with Crippen LogP contribution in [0.15, 0.2) is 48.5 Å². The van der Waals surface area contributed by atoms with Gasteiger partial charge in [0.05, 0.1) is 28.1 Å². The number of nitro benzene ring substituents is 2. The van der Waals surface area contributed by atoms with E-state index < -0.39 is 27.2 Å². The number of benzene rings is 2. The third kappa shape index (κ3) is 5.60. The van der Waals surface area contributed by atoms with Gasteiger partial charge < -0.3 is 4.74 Å². The molecule has 2 aromatic rings. The van der Waals surface area contributed by atoms with E-state index in [0.717, 1.165) is 24.6 Å². The number of rotatable bonds is 8. The molecule has 2 aromatic carbocycles. The first-order valence-corrected chi connectivity index (χ1v) is 8.44. The molecule has 0 fully saturated rings.